The van der Waals surface area contributed by atoms with E-state index in [1.807, 2.05) is 35.0 Å². The molecule has 1 amide bonds. The Labute approximate surface area is 156 Å². The van der Waals surface area contributed by atoms with Gasteiger partial charge in [0.05, 0.1) is 16.8 Å². The van der Waals surface area contributed by atoms with Gasteiger partial charge < -0.3 is 10.2 Å². The van der Waals surface area contributed by atoms with Gasteiger partial charge in [-0.15, -0.1) is 0 Å². The summed E-state index contributed by atoms with van der Waals surface area (Å²) in [5, 5.41) is 7.85. The Hall–Kier alpha value is -2.76. The second-order valence-corrected chi connectivity index (χ2v) is 7.33. The molecule has 0 saturated carbocycles. The molecule has 1 aromatic carbocycles. The second kappa shape index (κ2) is 6.86. The van der Waals surface area contributed by atoms with Crippen molar-refractivity contribution in [3.63, 3.8) is 0 Å². The van der Waals surface area contributed by atoms with Gasteiger partial charge in [0.25, 0.3) is 5.91 Å². The van der Waals surface area contributed by atoms with Crippen molar-refractivity contribution in [3.8, 4) is 11.3 Å². The van der Waals surface area contributed by atoms with Gasteiger partial charge in [-0.2, -0.15) is 11.3 Å². The van der Waals surface area contributed by atoms with Gasteiger partial charge in [0.1, 0.15) is 0 Å². The van der Waals surface area contributed by atoms with Crippen molar-refractivity contribution in [2.24, 2.45) is 0 Å². The highest BCUT2D eigenvalue weighted by atomic mass is 32.1. The highest BCUT2D eigenvalue weighted by Gasteiger charge is 2.15. The number of anilines is 1. The number of rotatable bonds is 4. The molecule has 0 spiro atoms. The van der Waals surface area contributed by atoms with Crippen LogP contribution in [0.4, 0.5) is 5.69 Å². The molecule has 0 unspecified atom stereocenters. The van der Waals surface area contributed by atoms with Crippen LogP contribution in [-0.4, -0.2) is 29.9 Å². The number of nitrogens with zero attached hydrogens (tertiary/aromatic N) is 2. The second-order valence-electron chi connectivity index (χ2n) is 6.55. The quantitative estimate of drug-likeness (QED) is 0.572. The van der Waals surface area contributed by atoms with Crippen LogP contribution in [0.15, 0.2) is 59.3 Å². The summed E-state index contributed by atoms with van der Waals surface area (Å²) in [6.07, 6.45) is 0. The minimum absolute atomic E-state index is 0.102. The highest BCUT2D eigenvalue weighted by Crippen LogP contribution is 2.33. The number of nitrogens with one attached hydrogen (secondary N) is 1. The number of hydrogen-bond donors (Lipinski definition) is 1. The first-order valence-electron chi connectivity index (χ1n) is 8.41. The van der Waals surface area contributed by atoms with Crippen LogP contribution in [-0.2, 0) is 6.54 Å². The zero-order chi connectivity index (χ0) is 18.1. The molecule has 0 atom stereocenters. The Morgan fingerprint density at radius 1 is 1.15 bits per heavy atom. The van der Waals surface area contributed by atoms with Gasteiger partial charge in [-0.05, 0) is 43.2 Å². The third-order valence-electron chi connectivity index (χ3n) is 4.28. The fourth-order valence-electron chi connectivity index (χ4n) is 3.13. The number of amides is 1. The van der Waals surface area contributed by atoms with Gasteiger partial charge in [-0.1, -0.05) is 30.3 Å². The van der Waals surface area contributed by atoms with E-state index in [2.05, 4.69) is 48.6 Å². The van der Waals surface area contributed by atoms with Crippen LogP contribution in [0, 0.1) is 0 Å². The van der Waals surface area contributed by atoms with Crippen molar-refractivity contribution in [2.75, 3.05) is 19.4 Å². The highest BCUT2D eigenvalue weighted by molar-refractivity contribution is 7.08. The van der Waals surface area contributed by atoms with Crippen LogP contribution in [0.25, 0.3) is 22.2 Å². The van der Waals surface area contributed by atoms with Crippen LogP contribution < -0.4 is 5.32 Å². The van der Waals surface area contributed by atoms with E-state index >= 15 is 0 Å². The Morgan fingerprint density at radius 3 is 2.77 bits per heavy atom. The lowest BCUT2D eigenvalue weighted by atomic mass is 10.1. The molecule has 1 aliphatic heterocycles. The minimum Gasteiger partial charge on any atom is -0.322 e. The molecule has 1 aliphatic carbocycles. The Balaban J connectivity index is 1.75. The number of carbonyl (C=O) groups excluding carboxylic acids is 1. The summed E-state index contributed by atoms with van der Waals surface area (Å²) in [5.41, 5.74) is 5.63. The summed E-state index contributed by atoms with van der Waals surface area (Å²) < 4.78 is 0. The Kier molecular flexibility index (Phi) is 4.41. The van der Waals surface area contributed by atoms with Crippen LogP contribution in [0.1, 0.15) is 15.9 Å². The zero-order valence-electron chi connectivity index (χ0n) is 14.7. The average Bonchev–Trinajstić information content (AvgIpc) is 3.20. The largest absolute Gasteiger partial charge is 0.322 e. The SMILES string of the molecule is CN(C)Cc1cccc2c3cccc(NC(=O)c4ccsc4)cc-3nc12. The minimum atomic E-state index is -0.102. The predicted octanol–water partition coefficient (Wildman–Crippen LogP) is 4.72. The fourth-order valence-corrected chi connectivity index (χ4v) is 3.77. The molecule has 130 valence electrons. The molecule has 2 heterocycles. The number of para-hydroxylation sites is 1. The fraction of sp³-hybridized carbons (Fsp3) is 0.143. The zero-order valence-corrected chi connectivity index (χ0v) is 15.5. The summed E-state index contributed by atoms with van der Waals surface area (Å²) in [7, 11) is 4.11. The van der Waals surface area contributed by atoms with Crippen LogP contribution in [0.2, 0.25) is 0 Å². The molecule has 0 fully saturated rings. The summed E-state index contributed by atoms with van der Waals surface area (Å²) in [5.74, 6) is -0.102. The maximum atomic E-state index is 12.3. The molecule has 2 aliphatic rings. The Morgan fingerprint density at radius 2 is 2.00 bits per heavy atom. The lowest BCUT2D eigenvalue weighted by molar-refractivity contribution is 0.102. The van der Waals surface area contributed by atoms with Crippen LogP contribution >= 0.6 is 11.3 Å². The van der Waals surface area contributed by atoms with E-state index in [1.165, 1.54) is 16.9 Å². The molecular formula is C21H19N3OS. The van der Waals surface area contributed by atoms with Gasteiger partial charge in [0.2, 0.25) is 0 Å². The van der Waals surface area contributed by atoms with E-state index in [-0.39, 0.29) is 5.91 Å². The maximum absolute atomic E-state index is 12.3. The smallest absolute Gasteiger partial charge is 0.256 e. The number of aromatic nitrogens is 1. The summed E-state index contributed by atoms with van der Waals surface area (Å²) in [6, 6.07) is 16.0. The van der Waals surface area contributed by atoms with Crippen molar-refractivity contribution in [2.45, 2.75) is 6.54 Å². The van der Waals surface area contributed by atoms with Gasteiger partial charge >= 0.3 is 0 Å². The third-order valence-corrected chi connectivity index (χ3v) is 4.96. The molecule has 5 heteroatoms. The van der Waals surface area contributed by atoms with Gasteiger partial charge in [0, 0.05) is 28.6 Å². The van der Waals surface area contributed by atoms with Crippen molar-refractivity contribution in [1.82, 2.24) is 9.88 Å². The van der Waals surface area contributed by atoms with Crippen molar-refractivity contribution >= 4 is 33.8 Å². The first kappa shape index (κ1) is 16.7. The predicted molar refractivity (Wildman–Crippen MR) is 108 cm³/mol. The monoisotopic (exact) mass is 361 g/mol. The third kappa shape index (κ3) is 3.19. The van der Waals surface area contributed by atoms with Crippen LogP contribution in [0.5, 0.6) is 0 Å². The number of carbonyl (C=O) groups is 1. The first-order chi connectivity index (χ1) is 12.6. The van der Waals surface area contributed by atoms with Gasteiger partial charge in [0.15, 0.2) is 0 Å². The van der Waals surface area contributed by atoms with E-state index in [0.29, 0.717) is 5.56 Å². The number of benzene rings is 1. The maximum Gasteiger partial charge on any atom is 0.256 e. The van der Waals surface area contributed by atoms with E-state index in [4.69, 9.17) is 4.98 Å². The van der Waals surface area contributed by atoms with Crippen molar-refractivity contribution in [3.05, 3.63) is 70.4 Å². The van der Waals surface area contributed by atoms with Crippen molar-refractivity contribution in [1.29, 1.82) is 0 Å². The number of fused-ring (bicyclic) bond motifs is 3. The lowest BCUT2D eigenvalue weighted by Crippen LogP contribution is -2.10. The van der Waals surface area contributed by atoms with E-state index in [9.17, 15) is 4.79 Å². The average molecular weight is 361 g/mol. The van der Waals surface area contributed by atoms with E-state index in [0.717, 1.165) is 34.4 Å². The summed E-state index contributed by atoms with van der Waals surface area (Å²) >= 11 is 1.51. The van der Waals surface area contributed by atoms with E-state index in [1.54, 1.807) is 0 Å². The summed E-state index contributed by atoms with van der Waals surface area (Å²) in [6.45, 7) is 0.842. The molecule has 0 saturated heterocycles. The molecular weight excluding hydrogens is 342 g/mol. The molecule has 26 heavy (non-hydrogen) atoms. The molecule has 2 aromatic rings. The Bertz CT molecular complexity index is 1040. The van der Waals surface area contributed by atoms with E-state index < -0.39 is 0 Å². The standard InChI is InChI=1S/C21H19N3OS/c1-24(2)12-14-5-3-8-18-17-7-4-6-16(11-19(17)23-20(14)18)22-21(25)15-9-10-26-13-15/h3-11,13H,12H2,1-2H3,(H,22,25). The first-order valence-corrected chi connectivity index (χ1v) is 9.36. The number of thiophene rings is 1. The van der Waals surface area contributed by atoms with Gasteiger partial charge in [-0.3, -0.25) is 4.79 Å². The summed E-state index contributed by atoms with van der Waals surface area (Å²) in [4.78, 5) is 19.3. The number of hydrogen-bond acceptors (Lipinski definition) is 4. The molecule has 1 aromatic heterocycles. The topological polar surface area (TPSA) is 45.2 Å². The molecule has 4 nitrogen and oxygen atoms in total. The van der Waals surface area contributed by atoms with Crippen molar-refractivity contribution < 1.29 is 4.79 Å². The molecule has 0 radical (unpaired) electrons. The van der Waals surface area contributed by atoms with Gasteiger partial charge in [-0.25, -0.2) is 4.98 Å². The lowest BCUT2D eigenvalue weighted by Gasteiger charge is -2.09. The molecule has 0 bridgehead atoms. The normalized spacial score (nSPS) is 11.3. The molecule has 1 N–H and O–H groups in total. The molecule has 4 rings (SSSR count). The van der Waals surface area contributed by atoms with Crippen LogP contribution in [0.3, 0.4) is 0 Å².